The predicted molar refractivity (Wildman–Crippen MR) is 161 cm³/mol. The fourth-order valence-corrected chi connectivity index (χ4v) is 6.12. The summed E-state index contributed by atoms with van der Waals surface area (Å²) in [6.45, 7) is 4.26. The second-order valence-electron chi connectivity index (χ2n) is 10.7. The summed E-state index contributed by atoms with van der Waals surface area (Å²) in [5.41, 5.74) is 3.42. The summed E-state index contributed by atoms with van der Waals surface area (Å²) in [6, 6.07) is 23.5. The fraction of sp³-hybridized carbons (Fsp3) is 0.312. The van der Waals surface area contributed by atoms with Gasteiger partial charge in [0, 0.05) is 31.1 Å². The Morgan fingerprint density at radius 1 is 1.02 bits per heavy atom. The maximum absolute atomic E-state index is 11.7. The van der Waals surface area contributed by atoms with Crippen molar-refractivity contribution in [1.82, 2.24) is 4.98 Å². The van der Waals surface area contributed by atoms with Crippen molar-refractivity contribution in [1.29, 1.82) is 0 Å². The van der Waals surface area contributed by atoms with E-state index in [1.165, 1.54) is 12.1 Å². The molecule has 0 saturated carbocycles. The first-order valence-corrected chi connectivity index (χ1v) is 15.5. The molecule has 43 heavy (non-hydrogen) atoms. The van der Waals surface area contributed by atoms with E-state index in [-0.39, 0.29) is 41.9 Å². The first-order chi connectivity index (χ1) is 20.6. The second kappa shape index (κ2) is 12.7. The molecule has 0 bridgehead atoms. The molecule has 2 heterocycles. The van der Waals surface area contributed by atoms with Gasteiger partial charge in [0.25, 0.3) is 0 Å². The molecule has 1 aromatic heterocycles. The zero-order valence-corrected chi connectivity index (χ0v) is 25.1. The summed E-state index contributed by atoms with van der Waals surface area (Å²) in [4.78, 5) is 4.66. The van der Waals surface area contributed by atoms with Crippen LogP contribution in [0.15, 0.2) is 93.3 Å². The quantitative estimate of drug-likeness (QED) is 0.108. The number of methoxy groups -OCH3 is 1. The van der Waals surface area contributed by atoms with Crippen molar-refractivity contribution in [3.8, 4) is 22.6 Å². The lowest BCUT2D eigenvalue weighted by molar-refractivity contribution is -0.152. The standard InChI is InChI=1S/C32H35N3O7S/c1-21-18-32(39-3,19-22(2)41-21)26-11-7-8-23(16-26)20-40-29(35-36)17-28-34-30(24-9-5-4-6-10-24)31(42-28)25-12-14-27(15-13-25)43(33,37)38/h4-16,21-22,36H,17-20H2,1-3H3,(H2,33,37,38). The van der Waals surface area contributed by atoms with Gasteiger partial charge in [0.1, 0.15) is 18.7 Å². The molecule has 0 spiro atoms. The number of ether oxygens (including phenoxy) is 3. The molecule has 1 aliphatic rings. The molecule has 2 atom stereocenters. The highest BCUT2D eigenvalue weighted by atomic mass is 32.2. The number of hydrogen-bond donors (Lipinski definition) is 2. The van der Waals surface area contributed by atoms with Crippen LogP contribution in [0.3, 0.4) is 0 Å². The highest BCUT2D eigenvalue weighted by Gasteiger charge is 2.40. The molecule has 1 saturated heterocycles. The van der Waals surface area contributed by atoms with Crippen LogP contribution in [0.4, 0.5) is 0 Å². The molecule has 4 aromatic rings. The normalized spacial score (nSPS) is 21.1. The molecule has 1 aliphatic heterocycles. The van der Waals surface area contributed by atoms with Crippen molar-refractivity contribution >= 4 is 15.9 Å². The number of aromatic nitrogens is 1. The number of hydrogen-bond acceptors (Lipinski definition) is 9. The van der Waals surface area contributed by atoms with E-state index in [1.807, 2.05) is 54.6 Å². The molecule has 1 fully saturated rings. The Morgan fingerprint density at radius 3 is 2.35 bits per heavy atom. The third-order valence-corrected chi connectivity index (χ3v) is 8.46. The highest BCUT2D eigenvalue weighted by molar-refractivity contribution is 7.89. The minimum atomic E-state index is -3.85. The van der Waals surface area contributed by atoms with Gasteiger partial charge in [-0.1, -0.05) is 53.7 Å². The van der Waals surface area contributed by atoms with Crippen molar-refractivity contribution in [3.63, 3.8) is 0 Å². The van der Waals surface area contributed by atoms with Gasteiger partial charge in [-0.25, -0.2) is 18.5 Å². The summed E-state index contributed by atoms with van der Waals surface area (Å²) < 4.78 is 47.5. The molecule has 3 aromatic carbocycles. The van der Waals surface area contributed by atoms with E-state index >= 15 is 0 Å². The topological polar surface area (TPSA) is 146 Å². The van der Waals surface area contributed by atoms with Crippen molar-refractivity contribution in [2.24, 2.45) is 10.3 Å². The Labute approximate surface area is 251 Å². The number of benzene rings is 3. The average Bonchev–Trinajstić information content (AvgIpc) is 3.42. The summed E-state index contributed by atoms with van der Waals surface area (Å²) in [5, 5.41) is 18.4. The molecule has 0 aliphatic carbocycles. The molecule has 3 N–H and O–H groups in total. The average molecular weight is 606 g/mol. The fourth-order valence-electron chi connectivity index (χ4n) is 5.60. The summed E-state index contributed by atoms with van der Waals surface area (Å²) in [7, 11) is -2.12. The zero-order chi connectivity index (χ0) is 30.6. The lowest BCUT2D eigenvalue weighted by Crippen LogP contribution is -2.42. The number of nitrogens with zero attached hydrogens (tertiary/aromatic N) is 2. The molecular formula is C32H35N3O7S. The van der Waals surface area contributed by atoms with Gasteiger partial charge < -0.3 is 23.8 Å². The predicted octanol–water partition coefficient (Wildman–Crippen LogP) is 5.63. The van der Waals surface area contributed by atoms with Crippen LogP contribution in [-0.4, -0.2) is 43.8 Å². The Hall–Kier alpha value is -4.03. The van der Waals surface area contributed by atoms with Crippen molar-refractivity contribution < 1.29 is 32.3 Å². The van der Waals surface area contributed by atoms with E-state index in [9.17, 15) is 13.6 Å². The van der Waals surface area contributed by atoms with E-state index in [1.54, 1.807) is 19.2 Å². The number of oxazole rings is 1. The van der Waals surface area contributed by atoms with Crippen LogP contribution in [0, 0.1) is 0 Å². The van der Waals surface area contributed by atoms with Crippen LogP contribution in [0.5, 0.6) is 0 Å². The Morgan fingerprint density at radius 2 is 1.72 bits per heavy atom. The summed E-state index contributed by atoms with van der Waals surface area (Å²) >= 11 is 0. The van der Waals surface area contributed by atoms with E-state index < -0.39 is 15.6 Å². The minimum absolute atomic E-state index is 0.0123. The molecule has 0 amide bonds. The first kappa shape index (κ1) is 30.4. The van der Waals surface area contributed by atoms with E-state index in [4.69, 9.17) is 23.8 Å². The SMILES string of the molecule is COC1(c2cccc(COC(Cc3nc(-c4ccccc4)c(-c4ccc(S(N)(=O)=O)cc4)o3)=NO)c2)CC(C)OC(C)C1. The molecule has 0 radical (unpaired) electrons. The Kier molecular flexibility index (Phi) is 8.97. The van der Waals surface area contributed by atoms with Gasteiger partial charge in [-0.2, -0.15) is 0 Å². The maximum atomic E-state index is 11.7. The van der Waals surface area contributed by atoms with E-state index in [0.29, 0.717) is 17.0 Å². The van der Waals surface area contributed by atoms with Gasteiger partial charge in [0.15, 0.2) is 5.76 Å². The Bertz CT molecular complexity index is 1680. The van der Waals surface area contributed by atoms with Crippen LogP contribution in [0.2, 0.25) is 0 Å². The maximum Gasteiger partial charge on any atom is 0.238 e. The third-order valence-electron chi connectivity index (χ3n) is 7.53. The number of rotatable bonds is 9. The lowest BCUT2D eigenvalue weighted by atomic mass is 9.81. The number of sulfonamides is 1. The van der Waals surface area contributed by atoms with Crippen LogP contribution in [0.25, 0.3) is 22.6 Å². The number of nitrogens with two attached hydrogens (primary N) is 1. The lowest BCUT2D eigenvalue weighted by Gasteiger charge is -2.42. The van der Waals surface area contributed by atoms with Crippen LogP contribution >= 0.6 is 0 Å². The molecular weight excluding hydrogens is 570 g/mol. The van der Waals surface area contributed by atoms with Gasteiger partial charge in [-0.05, 0) is 55.3 Å². The van der Waals surface area contributed by atoms with Crippen molar-refractivity contribution in [3.05, 3.63) is 95.9 Å². The van der Waals surface area contributed by atoms with Crippen LogP contribution in [0.1, 0.15) is 43.7 Å². The minimum Gasteiger partial charge on any atom is -0.473 e. The van der Waals surface area contributed by atoms with E-state index in [2.05, 4.69) is 24.0 Å². The molecule has 10 nitrogen and oxygen atoms in total. The smallest absolute Gasteiger partial charge is 0.238 e. The van der Waals surface area contributed by atoms with Gasteiger partial charge in [0.2, 0.25) is 21.8 Å². The molecule has 226 valence electrons. The van der Waals surface area contributed by atoms with Gasteiger partial charge in [-0.15, -0.1) is 0 Å². The first-order valence-electron chi connectivity index (χ1n) is 13.9. The molecule has 2 unspecified atom stereocenters. The van der Waals surface area contributed by atoms with Gasteiger partial charge in [0.05, 0.1) is 22.7 Å². The summed E-state index contributed by atoms with van der Waals surface area (Å²) in [5.74, 6) is 0.712. The largest absolute Gasteiger partial charge is 0.473 e. The highest BCUT2D eigenvalue weighted by Crippen LogP contribution is 2.40. The third kappa shape index (κ3) is 6.97. The number of oxime groups is 1. The van der Waals surface area contributed by atoms with Crippen LogP contribution in [-0.2, 0) is 42.9 Å². The summed E-state index contributed by atoms with van der Waals surface area (Å²) in [6.07, 6.45) is 1.59. The van der Waals surface area contributed by atoms with E-state index in [0.717, 1.165) is 29.5 Å². The zero-order valence-electron chi connectivity index (χ0n) is 24.3. The van der Waals surface area contributed by atoms with Gasteiger partial charge in [-0.3, -0.25) is 0 Å². The Balaban J connectivity index is 1.36. The van der Waals surface area contributed by atoms with Crippen LogP contribution < -0.4 is 5.14 Å². The molecule has 11 heteroatoms. The van der Waals surface area contributed by atoms with Crippen molar-refractivity contribution in [2.45, 2.75) is 62.4 Å². The van der Waals surface area contributed by atoms with Gasteiger partial charge >= 0.3 is 0 Å². The second-order valence-corrected chi connectivity index (χ2v) is 12.3. The monoisotopic (exact) mass is 605 g/mol. The number of primary sulfonamides is 1. The van der Waals surface area contributed by atoms with Crippen molar-refractivity contribution in [2.75, 3.05) is 7.11 Å². The molecule has 5 rings (SSSR count).